The Labute approximate surface area is 122 Å². The largest absolute Gasteiger partial charge is 0.481 e. The molecule has 0 aliphatic heterocycles. The Morgan fingerprint density at radius 2 is 1.55 bits per heavy atom. The Balaban J connectivity index is 2.30. The molecule has 1 aromatic rings. The Hall–Kier alpha value is -1.31. The lowest BCUT2D eigenvalue weighted by molar-refractivity contribution is -0.150. The first-order valence-electron chi connectivity index (χ1n) is 7.84. The van der Waals surface area contributed by atoms with Crippen molar-refractivity contribution in [1.82, 2.24) is 0 Å². The van der Waals surface area contributed by atoms with Gasteiger partial charge in [0, 0.05) is 0 Å². The van der Waals surface area contributed by atoms with E-state index in [0.717, 1.165) is 25.7 Å². The van der Waals surface area contributed by atoms with Gasteiger partial charge in [-0.25, -0.2) is 0 Å². The van der Waals surface area contributed by atoms with Crippen LogP contribution in [-0.2, 0) is 11.2 Å². The first kappa shape index (κ1) is 15.1. The first-order valence-corrected chi connectivity index (χ1v) is 7.84. The molecule has 0 amide bonds. The minimum atomic E-state index is -0.595. The Bertz CT molecular complexity index is 448. The Morgan fingerprint density at radius 3 is 2.05 bits per heavy atom. The van der Waals surface area contributed by atoms with Crippen LogP contribution in [-0.4, -0.2) is 11.1 Å². The average molecular weight is 274 g/mol. The molecule has 0 bridgehead atoms. The number of aryl methyl sites for hydroxylation is 2. The predicted octanol–water partition coefficient (Wildman–Crippen LogP) is 4.66. The van der Waals surface area contributed by atoms with Crippen molar-refractivity contribution >= 4 is 5.97 Å². The van der Waals surface area contributed by atoms with E-state index in [0.29, 0.717) is 6.42 Å². The summed E-state index contributed by atoms with van der Waals surface area (Å²) in [6.45, 7) is 4.20. The maximum Gasteiger partial charge on any atom is 0.309 e. The predicted molar refractivity (Wildman–Crippen MR) is 82.0 cm³/mol. The van der Waals surface area contributed by atoms with Gasteiger partial charge in [0.2, 0.25) is 0 Å². The topological polar surface area (TPSA) is 37.3 Å². The van der Waals surface area contributed by atoms with E-state index in [1.165, 1.54) is 36.0 Å². The number of hydrogen-bond acceptors (Lipinski definition) is 1. The zero-order valence-corrected chi connectivity index (χ0v) is 12.7. The van der Waals surface area contributed by atoms with Crippen LogP contribution in [0.5, 0.6) is 0 Å². The number of rotatable bonds is 3. The fraction of sp³-hybridized carbons (Fsp3) is 0.611. The van der Waals surface area contributed by atoms with Crippen molar-refractivity contribution in [2.45, 2.75) is 65.2 Å². The monoisotopic (exact) mass is 274 g/mol. The maximum absolute atomic E-state index is 12.0. The van der Waals surface area contributed by atoms with Gasteiger partial charge in [0.15, 0.2) is 0 Å². The summed E-state index contributed by atoms with van der Waals surface area (Å²) in [5.41, 5.74) is 3.16. The lowest BCUT2D eigenvalue weighted by Gasteiger charge is -2.32. The summed E-state index contributed by atoms with van der Waals surface area (Å²) >= 11 is 0. The molecule has 1 fully saturated rings. The van der Waals surface area contributed by atoms with E-state index in [4.69, 9.17) is 0 Å². The smallest absolute Gasteiger partial charge is 0.309 e. The minimum Gasteiger partial charge on any atom is -0.481 e. The number of hydrogen-bond donors (Lipinski definition) is 1. The van der Waals surface area contributed by atoms with Crippen molar-refractivity contribution in [3.63, 3.8) is 0 Å². The average Bonchev–Trinajstić information content (AvgIpc) is 2.36. The Morgan fingerprint density at radius 1 is 1.05 bits per heavy atom. The highest BCUT2D eigenvalue weighted by Crippen LogP contribution is 2.39. The fourth-order valence-electron chi connectivity index (χ4n) is 3.51. The van der Waals surface area contributed by atoms with Crippen LogP contribution < -0.4 is 0 Å². The lowest BCUT2D eigenvalue weighted by atomic mass is 9.71. The van der Waals surface area contributed by atoms with Gasteiger partial charge in [-0.1, -0.05) is 50.3 Å². The molecule has 2 heteroatoms. The van der Waals surface area contributed by atoms with Crippen molar-refractivity contribution in [1.29, 1.82) is 0 Å². The van der Waals surface area contributed by atoms with Crippen molar-refractivity contribution in [3.05, 3.63) is 34.9 Å². The van der Waals surface area contributed by atoms with Crippen molar-refractivity contribution < 1.29 is 9.90 Å². The molecule has 2 nitrogen and oxygen atoms in total. The summed E-state index contributed by atoms with van der Waals surface area (Å²) in [6, 6.07) is 6.25. The van der Waals surface area contributed by atoms with E-state index in [-0.39, 0.29) is 0 Å². The van der Waals surface area contributed by atoms with Crippen molar-refractivity contribution in [3.8, 4) is 0 Å². The highest BCUT2D eigenvalue weighted by Gasteiger charge is 2.38. The van der Waals surface area contributed by atoms with Crippen LogP contribution in [0.25, 0.3) is 0 Å². The van der Waals surface area contributed by atoms with Gasteiger partial charge >= 0.3 is 5.97 Å². The van der Waals surface area contributed by atoms with Crippen LogP contribution in [0, 0.1) is 19.3 Å². The molecule has 20 heavy (non-hydrogen) atoms. The molecular formula is C18H26O2. The summed E-state index contributed by atoms with van der Waals surface area (Å²) in [6.07, 6.45) is 8.09. The molecule has 0 saturated heterocycles. The normalized spacial score (nSPS) is 19.1. The van der Waals surface area contributed by atoms with Gasteiger partial charge in [-0.15, -0.1) is 0 Å². The summed E-state index contributed by atoms with van der Waals surface area (Å²) < 4.78 is 0. The van der Waals surface area contributed by atoms with E-state index < -0.39 is 11.4 Å². The maximum atomic E-state index is 12.0. The SMILES string of the molecule is Cc1cccc(C)c1CC1(C(=O)O)CCCCCCC1. The van der Waals surface area contributed by atoms with Gasteiger partial charge in [-0.3, -0.25) is 4.79 Å². The summed E-state index contributed by atoms with van der Waals surface area (Å²) in [7, 11) is 0. The third-order valence-corrected chi connectivity index (χ3v) is 4.92. The summed E-state index contributed by atoms with van der Waals surface area (Å²) in [5.74, 6) is -0.595. The second kappa shape index (κ2) is 6.43. The van der Waals surface area contributed by atoms with Crippen LogP contribution in [0.4, 0.5) is 0 Å². The zero-order chi connectivity index (χ0) is 14.6. The molecule has 0 heterocycles. The molecule has 0 radical (unpaired) electrons. The molecule has 0 unspecified atom stereocenters. The Kier molecular flexibility index (Phi) is 4.85. The second-order valence-corrected chi connectivity index (χ2v) is 6.40. The number of carbonyl (C=O) groups is 1. The van der Waals surface area contributed by atoms with E-state index in [2.05, 4.69) is 32.0 Å². The fourth-order valence-corrected chi connectivity index (χ4v) is 3.51. The molecule has 1 aliphatic rings. The first-order chi connectivity index (χ1) is 9.55. The van der Waals surface area contributed by atoms with Gasteiger partial charge in [0.1, 0.15) is 0 Å². The third kappa shape index (κ3) is 3.23. The highest BCUT2D eigenvalue weighted by molar-refractivity contribution is 5.75. The van der Waals surface area contributed by atoms with Gasteiger partial charge in [-0.2, -0.15) is 0 Å². The number of carboxylic acid groups (broad SMARTS) is 1. The molecular weight excluding hydrogens is 248 g/mol. The summed E-state index contributed by atoms with van der Waals surface area (Å²) in [5, 5.41) is 9.85. The van der Waals surface area contributed by atoms with Crippen LogP contribution in [0.15, 0.2) is 18.2 Å². The molecule has 0 spiro atoms. The van der Waals surface area contributed by atoms with Gasteiger partial charge in [-0.05, 0) is 49.8 Å². The molecule has 1 saturated carbocycles. The number of carboxylic acids is 1. The molecule has 0 atom stereocenters. The standard InChI is InChI=1S/C18H26O2/c1-14-9-8-10-15(2)16(14)13-18(17(19)20)11-6-4-3-5-7-12-18/h8-10H,3-7,11-13H2,1-2H3,(H,19,20). The number of aliphatic carboxylic acids is 1. The van der Waals surface area contributed by atoms with Crippen LogP contribution in [0.3, 0.4) is 0 Å². The number of benzene rings is 1. The van der Waals surface area contributed by atoms with Crippen molar-refractivity contribution in [2.75, 3.05) is 0 Å². The minimum absolute atomic E-state index is 0.544. The van der Waals surface area contributed by atoms with E-state index in [1.807, 2.05) is 0 Å². The van der Waals surface area contributed by atoms with Crippen molar-refractivity contribution in [2.24, 2.45) is 5.41 Å². The molecule has 1 aromatic carbocycles. The van der Waals surface area contributed by atoms with Gasteiger partial charge < -0.3 is 5.11 Å². The van der Waals surface area contributed by atoms with E-state index >= 15 is 0 Å². The van der Waals surface area contributed by atoms with Crippen LogP contribution >= 0.6 is 0 Å². The van der Waals surface area contributed by atoms with Gasteiger partial charge in [0.25, 0.3) is 0 Å². The third-order valence-electron chi connectivity index (χ3n) is 4.92. The van der Waals surface area contributed by atoms with Crippen LogP contribution in [0.1, 0.15) is 61.6 Å². The summed E-state index contributed by atoms with van der Waals surface area (Å²) in [4.78, 5) is 12.0. The molecule has 110 valence electrons. The van der Waals surface area contributed by atoms with Crippen LogP contribution in [0.2, 0.25) is 0 Å². The lowest BCUT2D eigenvalue weighted by Crippen LogP contribution is -2.34. The van der Waals surface area contributed by atoms with E-state index in [9.17, 15) is 9.90 Å². The molecule has 0 aromatic heterocycles. The zero-order valence-electron chi connectivity index (χ0n) is 12.7. The van der Waals surface area contributed by atoms with Gasteiger partial charge in [0.05, 0.1) is 5.41 Å². The molecule has 1 N–H and O–H groups in total. The quantitative estimate of drug-likeness (QED) is 0.870. The highest BCUT2D eigenvalue weighted by atomic mass is 16.4. The molecule has 2 rings (SSSR count). The van der Waals surface area contributed by atoms with E-state index in [1.54, 1.807) is 0 Å². The second-order valence-electron chi connectivity index (χ2n) is 6.40. The molecule has 1 aliphatic carbocycles.